The second-order valence-electron chi connectivity index (χ2n) is 9.97. The highest BCUT2D eigenvalue weighted by Crippen LogP contribution is 2.34. The number of hydrogen-bond acceptors (Lipinski definition) is 8. The fourth-order valence-corrected chi connectivity index (χ4v) is 5.59. The van der Waals surface area contributed by atoms with Crippen molar-refractivity contribution in [1.82, 2.24) is 24.2 Å². The van der Waals surface area contributed by atoms with Gasteiger partial charge in [0.2, 0.25) is 10.0 Å². The average molecular weight is 578 g/mol. The lowest BCUT2D eigenvalue weighted by Crippen LogP contribution is -2.59. The molecule has 0 amide bonds. The van der Waals surface area contributed by atoms with Crippen molar-refractivity contribution in [1.29, 1.82) is 5.26 Å². The van der Waals surface area contributed by atoms with Crippen molar-refractivity contribution in [3.05, 3.63) is 63.7 Å². The van der Waals surface area contributed by atoms with Gasteiger partial charge in [-0.05, 0) is 43.2 Å². The number of benzene rings is 1. The number of halogens is 3. The SMILES string of the molecule is CC[C@@H]1CN(c2nc(=O)n(C)c3ccc(C#N)nc23)[C@@H](C)CN1C(CNS(C)(=O)=O)c1ccc(C(F)(F)F)cc1. The van der Waals surface area contributed by atoms with E-state index >= 15 is 0 Å². The summed E-state index contributed by atoms with van der Waals surface area (Å²) in [6.45, 7) is 4.63. The highest BCUT2D eigenvalue weighted by atomic mass is 32.2. The zero-order valence-electron chi connectivity index (χ0n) is 22.5. The first-order valence-electron chi connectivity index (χ1n) is 12.7. The molecule has 14 heteroatoms. The number of piperazine rings is 1. The number of hydrogen-bond donors (Lipinski definition) is 1. The number of anilines is 1. The lowest BCUT2D eigenvalue weighted by atomic mass is 9.97. The smallest absolute Gasteiger partial charge is 0.349 e. The van der Waals surface area contributed by atoms with E-state index in [0.717, 1.165) is 18.4 Å². The molecule has 1 aromatic carbocycles. The van der Waals surface area contributed by atoms with Crippen LogP contribution in [0.1, 0.15) is 43.1 Å². The highest BCUT2D eigenvalue weighted by Gasteiger charge is 2.38. The van der Waals surface area contributed by atoms with E-state index in [1.165, 1.54) is 22.8 Å². The number of nitriles is 1. The van der Waals surface area contributed by atoms with Gasteiger partial charge in [-0.2, -0.15) is 23.4 Å². The van der Waals surface area contributed by atoms with Crippen LogP contribution in [0.25, 0.3) is 11.0 Å². The molecule has 0 aliphatic carbocycles. The molecular formula is C26H30F3N7O3S. The molecule has 40 heavy (non-hydrogen) atoms. The summed E-state index contributed by atoms with van der Waals surface area (Å²) in [6, 6.07) is 8.99. The highest BCUT2D eigenvalue weighted by molar-refractivity contribution is 7.88. The monoisotopic (exact) mass is 577 g/mol. The van der Waals surface area contributed by atoms with E-state index in [4.69, 9.17) is 0 Å². The Kier molecular flexibility index (Phi) is 8.21. The zero-order valence-corrected chi connectivity index (χ0v) is 23.3. The molecule has 1 aliphatic heterocycles. The van der Waals surface area contributed by atoms with Crippen molar-refractivity contribution in [2.75, 3.05) is 30.8 Å². The number of nitrogens with one attached hydrogen (secondary N) is 1. The summed E-state index contributed by atoms with van der Waals surface area (Å²) in [4.78, 5) is 25.5. The van der Waals surface area contributed by atoms with Crippen molar-refractivity contribution >= 4 is 26.9 Å². The molecule has 1 unspecified atom stereocenters. The lowest BCUT2D eigenvalue weighted by Gasteiger charge is -2.49. The zero-order chi connectivity index (χ0) is 29.4. The topological polar surface area (TPSA) is 124 Å². The summed E-state index contributed by atoms with van der Waals surface area (Å²) in [5.74, 6) is 0.348. The predicted molar refractivity (Wildman–Crippen MR) is 144 cm³/mol. The molecule has 0 spiro atoms. The summed E-state index contributed by atoms with van der Waals surface area (Å²) < 4.78 is 67.4. The van der Waals surface area contributed by atoms with Gasteiger partial charge in [-0.3, -0.25) is 9.47 Å². The summed E-state index contributed by atoms with van der Waals surface area (Å²) in [6.07, 6.45) is -2.84. The molecule has 0 radical (unpaired) electrons. The molecule has 1 saturated heterocycles. The Bertz CT molecular complexity index is 1600. The normalized spacial score (nSPS) is 19.5. The number of pyridine rings is 1. The third-order valence-corrected chi connectivity index (χ3v) is 7.93. The molecule has 1 aliphatic rings. The minimum absolute atomic E-state index is 0.0342. The molecule has 1 N–H and O–H groups in total. The molecule has 3 aromatic rings. The van der Waals surface area contributed by atoms with Crippen LogP contribution in [-0.2, 0) is 23.2 Å². The Morgan fingerprint density at radius 2 is 1.82 bits per heavy atom. The summed E-state index contributed by atoms with van der Waals surface area (Å²) in [5.41, 5.74) is 0.397. The molecule has 0 saturated carbocycles. The molecule has 4 rings (SSSR count). The number of aromatic nitrogens is 3. The van der Waals surface area contributed by atoms with Gasteiger partial charge in [0.15, 0.2) is 5.82 Å². The fraction of sp³-hybridized carbons (Fsp3) is 0.462. The molecule has 214 valence electrons. The molecule has 1 fully saturated rings. The van der Waals surface area contributed by atoms with Crippen molar-refractivity contribution in [3.8, 4) is 6.07 Å². The predicted octanol–water partition coefficient (Wildman–Crippen LogP) is 2.80. The Balaban J connectivity index is 1.74. The third kappa shape index (κ3) is 6.11. The second kappa shape index (κ2) is 11.1. The number of rotatable bonds is 7. The van der Waals surface area contributed by atoms with Crippen molar-refractivity contribution in [3.63, 3.8) is 0 Å². The van der Waals surface area contributed by atoms with E-state index in [-0.39, 0.29) is 24.3 Å². The molecule has 3 heterocycles. The van der Waals surface area contributed by atoms with Crippen LogP contribution >= 0.6 is 0 Å². The van der Waals surface area contributed by atoms with E-state index in [9.17, 15) is 31.6 Å². The summed E-state index contributed by atoms with van der Waals surface area (Å²) >= 11 is 0. The molecule has 2 aromatic heterocycles. The third-order valence-electron chi connectivity index (χ3n) is 7.24. The van der Waals surface area contributed by atoms with Gasteiger partial charge in [-0.1, -0.05) is 19.1 Å². The van der Waals surface area contributed by atoms with E-state index in [1.807, 2.05) is 24.8 Å². The first-order valence-corrected chi connectivity index (χ1v) is 14.5. The van der Waals surface area contributed by atoms with E-state index < -0.39 is 33.5 Å². The average Bonchev–Trinajstić information content (AvgIpc) is 2.90. The van der Waals surface area contributed by atoms with Crippen molar-refractivity contribution < 1.29 is 21.6 Å². The maximum atomic E-state index is 13.2. The molecule has 0 bridgehead atoms. The van der Waals surface area contributed by atoms with Gasteiger partial charge in [0.1, 0.15) is 17.3 Å². The second-order valence-corrected chi connectivity index (χ2v) is 11.8. The van der Waals surface area contributed by atoms with Crippen LogP contribution in [0, 0.1) is 11.3 Å². The van der Waals surface area contributed by atoms with Crippen LogP contribution in [-0.4, -0.2) is 65.8 Å². The van der Waals surface area contributed by atoms with Gasteiger partial charge < -0.3 is 4.90 Å². The van der Waals surface area contributed by atoms with Crippen LogP contribution in [0.2, 0.25) is 0 Å². The minimum Gasteiger partial charge on any atom is -0.349 e. The Morgan fingerprint density at radius 3 is 2.40 bits per heavy atom. The van der Waals surface area contributed by atoms with Crippen LogP contribution < -0.4 is 15.3 Å². The van der Waals surface area contributed by atoms with Crippen LogP contribution in [0.3, 0.4) is 0 Å². The maximum absolute atomic E-state index is 13.2. The summed E-state index contributed by atoms with van der Waals surface area (Å²) in [7, 11) is -2.00. The molecule has 10 nitrogen and oxygen atoms in total. The van der Waals surface area contributed by atoms with Gasteiger partial charge in [0.05, 0.1) is 17.3 Å². The van der Waals surface area contributed by atoms with E-state index in [0.29, 0.717) is 41.9 Å². The number of alkyl halides is 3. The standard InChI is InChI=1S/C26H30F3N7O3S/c1-5-20-15-35(24-23-21(34(3)25(37)33-24)11-10-19(12-30)32-23)16(2)14-36(20)22(13-31-40(4,38)39)17-6-8-18(9-7-17)26(27,28)29/h6-11,16,20,22,31H,5,13-15H2,1-4H3/t16-,20+,22?/m0/s1. The molecular weight excluding hydrogens is 547 g/mol. The number of sulfonamides is 1. The first kappa shape index (κ1) is 29.4. The van der Waals surface area contributed by atoms with E-state index in [1.54, 1.807) is 13.1 Å². The minimum atomic E-state index is -4.49. The van der Waals surface area contributed by atoms with Crippen LogP contribution in [0.15, 0.2) is 41.2 Å². The quantitative estimate of drug-likeness (QED) is 0.455. The van der Waals surface area contributed by atoms with Crippen molar-refractivity contribution in [2.45, 2.75) is 44.6 Å². The molecule has 3 atom stereocenters. The fourth-order valence-electron chi connectivity index (χ4n) is 5.13. The van der Waals surface area contributed by atoms with Gasteiger partial charge in [-0.25, -0.2) is 22.9 Å². The van der Waals surface area contributed by atoms with Gasteiger partial charge >= 0.3 is 11.9 Å². The summed E-state index contributed by atoms with van der Waals surface area (Å²) in [5, 5.41) is 9.39. The Hall–Kier alpha value is -3.54. The van der Waals surface area contributed by atoms with E-state index in [2.05, 4.69) is 19.6 Å². The van der Waals surface area contributed by atoms with Crippen LogP contribution in [0.5, 0.6) is 0 Å². The number of fused-ring (bicyclic) bond motifs is 1. The lowest BCUT2D eigenvalue weighted by molar-refractivity contribution is -0.137. The van der Waals surface area contributed by atoms with Gasteiger partial charge in [-0.15, -0.1) is 0 Å². The van der Waals surface area contributed by atoms with Gasteiger partial charge in [0.25, 0.3) is 0 Å². The number of nitrogens with zero attached hydrogens (tertiary/aromatic N) is 6. The van der Waals surface area contributed by atoms with Gasteiger partial charge in [0, 0.05) is 44.8 Å². The first-order chi connectivity index (χ1) is 18.7. The Labute approximate surface area is 230 Å². The van der Waals surface area contributed by atoms with Crippen molar-refractivity contribution in [2.24, 2.45) is 7.05 Å². The largest absolute Gasteiger partial charge is 0.416 e. The Morgan fingerprint density at radius 1 is 1.15 bits per heavy atom. The van der Waals surface area contributed by atoms with Crippen LogP contribution in [0.4, 0.5) is 19.0 Å². The number of aryl methyl sites for hydroxylation is 1. The maximum Gasteiger partial charge on any atom is 0.416 e.